The van der Waals surface area contributed by atoms with E-state index in [4.69, 9.17) is 29.6 Å². The zero-order chi connectivity index (χ0) is 15.2. The number of para-hydroxylation sites is 1. The van der Waals surface area contributed by atoms with Crippen LogP contribution in [0.5, 0.6) is 0 Å². The molecule has 0 fully saturated rings. The molecule has 8 heteroatoms. The molecule has 0 aliphatic carbocycles. The Balaban J connectivity index is 0. The third-order valence-electron chi connectivity index (χ3n) is 2.05. The summed E-state index contributed by atoms with van der Waals surface area (Å²) in [4.78, 5) is 11.1. The molecule has 0 aliphatic heterocycles. The van der Waals surface area contributed by atoms with Gasteiger partial charge in [-0.3, -0.25) is 0 Å². The van der Waals surface area contributed by atoms with Crippen LogP contribution in [0.2, 0.25) is 0 Å². The maximum atomic E-state index is 8.52. The van der Waals surface area contributed by atoms with Crippen LogP contribution in [0.25, 0.3) is 4.98 Å². The Bertz CT molecular complexity index is 520. The first-order chi connectivity index (χ1) is 9.80. The second-order valence-corrected chi connectivity index (χ2v) is 7.86. The minimum atomic E-state index is -0.931. The summed E-state index contributed by atoms with van der Waals surface area (Å²) >= 11 is -0.931. The Kier molecular flexibility index (Phi) is 16.0. The average Bonchev–Trinajstić information content (AvgIpc) is 2.52. The van der Waals surface area contributed by atoms with Gasteiger partial charge in [0, 0.05) is 23.5 Å². The van der Waals surface area contributed by atoms with E-state index in [1.54, 1.807) is 12.1 Å². The van der Waals surface area contributed by atoms with Gasteiger partial charge >= 0.3 is 40.2 Å². The first-order valence-corrected chi connectivity index (χ1v) is 13.3. The van der Waals surface area contributed by atoms with E-state index in [1.807, 2.05) is 49.3 Å². The molecular weight excluding hydrogens is 386 g/mol. The molecule has 0 spiro atoms. The van der Waals surface area contributed by atoms with E-state index < -0.39 is 15.1 Å². The Hall–Kier alpha value is -1.18. The minimum absolute atomic E-state index is 0. The summed E-state index contributed by atoms with van der Waals surface area (Å²) < 4.78 is 0. The van der Waals surface area contributed by atoms with Crippen molar-refractivity contribution in [3.05, 3.63) is 59.6 Å². The van der Waals surface area contributed by atoms with Crippen molar-refractivity contribution in [3.63, 3.8) is 0 Å². The van der Waals surface area contributed by atoms with Crippen molar-refractivity contribution in [3.8, 4) is 0 Å². The standard InChI is InChI=1S/C12H10N3.CH2O.3ClH.Zn/c13-15-12-8-6-11(7-9-12)14-10-4-2-1-3-5-10;1-2;;;;/h1-9,14H;1H2;3*1H;/q+1;;;;;+2/p-3. The number of nitrogens with one attached hydrogen (secondary N) is 1. The Morgan fingerprint density at radius 1 is 0.952 bits per heavy atom. The van der Waals surface area contributed by atoms with Gasteiger partial charge in [-0.1, -0.05) is 18.2 Å². The number of rotatable bonds is 2. The van der Waals surface area contributed by atoms with Crippen molar-refractivity contribution < 1.29 is 32.3 Å². The summed E-state index contributed by atoms with van der Waals surface area (Å²) in [5, 5.41) is 11.8. The predicted molar refractivity (Wildman–Crippen MR) is 79.7 cm³/mol. The van der Waals surface area contributed by atoms with Crippen LogP contribution < -0.4 is 17.7 Å². The molecule has 2 aromatic carbocycles. The summed E-state index contributed by atoms with van der Waals surface area (Å²) in [6.07, 6.45) is 0. The van der Waals surface area contributed by atoms with Crippen LogP contribution >= 0.6 is 19.4 Å². The van der Waals surface area contributed by atoms with Crippen molar-refractivity contribution >= 4 is 43.2 Å². The number of diazo groups is 1. The van der Waals surface area contributed by atoms with Crippen molar-refractivity contribution in [2.45, 2.75) is 0 Å². The third kappa shape index (κ3) is 10.2. The summed E-state index contributed by atoms with van der Waals surface area (Å²) in [5.74, 6) is 0. The number of benzene rings is 2. The molecule has 1 N–H and O–H groups in total. The van der Waals surface area contributed by atoms with Crippen molar-refractivity contribution in [2.75, 3.05) is 5.32 Å². The molecule has 0 radical (unpaired) electrons. The second-order valence-electron chi connectivity index (χ2n) is 3.24. The normalized spacial score (nSPS) is 7.29. The van der Waals surface area contributed by atoms with Gasteiger partial charge < -0.3 is 22.5 Å². The molecule has 0 aromatic heterocycles. The second kappa shape index (κ2) is 15.2. The summed E-state index contributed by atoms with van der Waals surface area (Å²) in [7, 11) is 9.90. The maximum absolute atomic E-state index is 8.52. The Morgan fingerprint density at radius 3 is 1.81 bits per heavy atom. The van der Waals surface area contributed by atoms with Crippen LogP contribution in [0.4, 0.5) is 17.1 Å². The van der Waals surface area contributed by atoms with Crippen LogP contribution in [0.1, 0.15) is 0 Å². The number of hydrogen-bond acceptors (Lipinski definition) is 3. The molecule has 21 heavy (non-hydrogen) atoms. The number of carbonyl (C=O) groups is 1. The molecule has 4 nitrogen and oxygen atoms in total. The molecular formula is C13H12Cl3N3OZn. The van der Waals surface area contributed by atoms with E-state index in [-0.39, 0.29) is 12.4 Å². The van der Waals surface area contributed by atoms with E-state index in [0.29, 0.717) is 5.69 Å². The summed E-state index contributed by atoms with van der Waals surface area (Å²) in [6.45, 7) is 2.00. The number of nitrogens with zero attached hydrogens (tertiary/aromatic N) is 2. The van der Waals surface area contributed by atoms with Crippen molar-refractivity contribution in [1.82, 2.24) is 0 Å². The van der Waals surface area contributed by atoms with E-state index >= 15 is 0 Å². The molecule has 0 atom stereocenters. The molecule has 0 heterocycles. The SMILES string of the molecule is C=O.N#[N+]c1ccc(Nc2ccccc2)cc1.[Cl-].[Cl][Zn][Cl]. The van der Waals surface area contributed by atoms with Gasteiger partial charge in [-0.25, -0.2) is 0 Å². The van der Waals surface area contributed by atoms with Gasteiger partial charge in [-0.05, 0) is 24.3 Å². The first kappa shape index (κ1) is 22.1. The molecule has 0 saturated heterocycles. The van der Waals surface area contributed by atoms with Gasteiger partial charge in [0.25, 0.3) is 0 Å². The van der Waals surface area contributed by atoms with Gasteiger partial charge in [-0.15, -0.1) is 0 Å². The molecule has 0 unspecified atom stereocenters. The summed E-state index contributed by atoms with van der Waals surface area (Å²) in [5.41, 5.74) is 2.55. The third-order valence-corrected chi connectivity index (χ3v) is 2.05. The average molecular weight is 398 g/mol. The number of halogens is 3. The molecule has 0 bridgehead atoms. The number of hydrogen-bond donors (Lipinski definition) is 1. The predicted octanol–water partition coefficient (Wildman–Crippen LogP) is 2.11. The van der Waals surface area contributed by atoms with Crippen LogP contribution in [-0.2, 0) is 19.9 Å². The number of anilines is 2. The number of carbonyl (C=O) groups excluding carboxylic acids is 1. The Morgan fingerprint density at radius 2 is 1.38 bits per heavy atom. The van der Waals surface area contributed by atoms with E-state index in [1.165, 1.54) is 0 Å². The van der Waals surface area contributed by atoms with Crippen LogP contribution in [0.15, 0.2) is 54.6 Å². The first-order valence-electron chi connectivity index (χ1n) is 5.48. The molecule has 0 amide bonds. The van der Waals surface area contributed by atoms with E-state index in [0.717, 1.165) is 11.4 Å². The van der Waals surface area contributed by atoms with Crippen molar-refractivity contribution in [1.29, 1.82) is 5.39 Å². The van der Waals surface area contributed by atoms with Crippen LogP contribution in [0, 0.1) is 5.39 Å². The fourth-order valence-corrected chi connectivity index (χ4v) is 1.30. The van der Waals surface area contributed by atoms with Crippen LogP contribution in [-0.4, -0.2) is 6.79 Å². The van der Waals surface area contributed by atoms with Crippen molar-refractivity contribution in [2.24, 2.45) is 0 Å². The fourth-order valence-electron chi connectivity index (χ4n) is 1.30. The molecule has 0 aliphatic rings. The van der Waals surface area contributed by atoms with Gasteiger partial charge in [0.2, 0.25) is 5.39 Å². The van der Waals surface area contributed by atoms with Gasteiger partial charge in [0.05, 0.1) is 0 Å². The summed E-state index contributed by atoms with van der Waals surface area (Å²) in [6, 6.07) is 17.1. The van der Waals surface area contributed by atoms with E-state index in [9.17, 15) is 0 Å². The molecule has 2 rings (SSSR count). The quantitative estimate of drug-likeness (QED) is 0.623. The molecule has 108 valence electrons. The van der Waals surface area contributed by atoms with E-state index in [2.05, 4.69) is 10.3 Å². The zero-order valence-electron chi connectivity index (χ0n) is 11.0. The topological polar surface area (TPSA) is 57.2 Å². The van der Waals surface area contributed by atoms with Crippen LogP contribution in [0.3, 0.4) is 0 Å². The molecule has 2 aromatic rings. The molecule has 0 saturated carbocycles. The van der Waals surface area contributed by atoms with Gasteiger partial charge in [-0.2, -0.15) is 0 Å². The Labute approximate surface area is 145 Å². The van der Waals surface area contributed by atoms with Gasteiger partial charge in [0.15, 0.2) is 4.98 Å². The monoisotopic (exact) mass is 395 g/mol. The van der Waals surface area contributed by atoms with Gasteiger partial charge in [0.1, 0.15) is 6.79 Å². The fraction of sp³-hybridized carbons (Fsp3) is 0. The zero-order valence-corrected chi connectivity index (χ0v) is 16.3.